The minimum Gasteiger partial charge on any atom is -0.268 e. The molecule has 4 rings (SSSR count). The van der Waals surface area contributed by atoms with Gasteiger partial charge in [0.2, 0.25) is 0 Å². The van der Waals surface area contributed by atoms with Crippen LogP contribution in [0.2, 0.25) is 0 Å². The lowest BCUT2D eigenvalue weighted by atomic mass is 9.97. The Labute approximate surface area is 166 Å². The van der Waals surface area contributed by atoms with Gasteiger partial charge in [-0.15, -0.1) is 11.3 Å². The first-order chi connectivity index (χ1) is 13.2. The molecule has 1 aliphatic carbocycles. The highest BCUT2D eigenvalue weighted by Gasteiger charge is 2.22. The number of fused-ring (bicyclic) bond motifs is 3. The van der Waals surface area contributed by atoms with Crippen molar-refractivity contribution in [1.82, 2.24) is 9.55 Å². The molecule has 3 aromatic rings. The first-order valence-corrected chi connectivity index (χ1v) is 11.1. The molecule has 0 spiro atoms. The molecule has 0 bridgehead atoms. The summed E-state index contributed by atoms with van der Waals surface area (Å²) in [7, 11) is 0. The monoisotopic (exact) mass is 395 g/mol. The van der Waals surface area contributed by atoms with Crippen LogP contribution in [0.25, 0.3) is 15.9 Å². The Kier molecular flexibility index (Phi) is 5.33. The fourth-order valence-electron chi connectivity index (χ4n) is 3.59. The van der Waals surface area contributed by atoms with Gasteiger partial charge in [0.05, 0.1) is 17.1 Å². The van der Waals surface area contributed by atoms with Gasteiger partial charge in [-0.1, -0.05) is 23.9 Å². The number of thiophene rings is 1. The molecule has 0 N–H and O–H groups in total. The molecule has 1 aliphatic rings. The van der Waals surface area contributed by atoms with Gasteiger partial charge in [0.25, 0.3) is 5.56 Å². The summed E-state index contributed by atoms with van der Waals surface area (Å²) < 4.78 is 1.77. The van der Waals surface area contributed by atoms with Gasteiger partial charge in [-0.25, -0.2) is 4.98 Å². The van der Waals surface area contributed by atoms with Crippen LogP contribution in [0.5, 0.6) is 0 Å². The van der Waals surface area contributed by atoms with E-state index in [1.54, 1.807) is 27.7 Å². The minimum atomic E-state index is 0.0489. The van der Waals surface area contributed by atoms with Gasteiger partial charge in [0.1, 0.15) is 4.83 Å². The molecule has 0 fully saturated rings. The third-order valence-electron chi connectivity index (χ3n) is 4.88. The quantitative estimate of drug-likeness (QED) is 0.345. The molecule has 0 radical (unpaired) electrons. The molecular formula is C21H21N3OS2. The van der Waals surface area contributed by atoms with Crippen molar-refractivity contribution in [2.24, 2.45) is 0 Å². The second-order valence-electron chi connectivity index (χ2n) is 6.88. The van der Waals surface area contributed by atoms with Crippen LogP contribution in [0.3, 0.4) is 0 Å². The van der Waals surface area contributed by atoms with Crippen LogP contribution < -0.4 is 5.56 Å². The number of hydrogen-bond acceptors (Lipinski definition) is 5. The summed E-state index contributed by atoms with van der Waals surface area (Å²) in [5, 5.41) is 10.3. The van der Waals surface area contributed by atoms with Crippen molar-refractivity contribution >= 4 is 33.3 Å². The fourth-order valence-corrected chi connectivity index (χ4v) is 5.85. The van der Waals surface area contributed by atoms with Crippen molar-refractivity contribution < 1.29 is 0 Å². The average molecular weight is 396 g/mol. The number of nitriles is 1. The summed E-state index contributed by atoms with van der Waals surface area (Å²) in [6.07, 6.45) is 5.70. The van der Waals surface area contributed by atoms with E-state index in [0.29, 0.717) is 6.42 Å². The minimum absolute atomic E-state index is 0.0489. The van der Waals surface area contributed by atoms with E-state index < -0.39 is 0 Å². The van der Waals surface area contributed by atoms with Crippen molar-refractivity contribution in [3.05, 3.63) is 50.6 Å². The van der Waals surface area contributed by atoms with E-state index in [2.05, 4.69) is 6.07 Å². The molecule has 0 atom stereocenters. The summed E-state index contributed by atoms with van der Waals surface area (Å²) in [5.74, 6) is 0.780. The number of benzene rings is 1. The van der Waals surface area contributed by atoms with Gasteiger partial charge in [-0.3, -0.25) is 9.36 Å². The Balaban J connectivity index is 1.89. The van der Waals surface area contributed by atoms with Gasteiger partial charge < -0.3 is 0 Å². The molecule has 138 valence electrons. The van der Waals surface area contributed by atoms with Crippen LogP contribution in [0.4, 0.5) is 0 Å². The number of unbranched alkanes of at least 4 members (excludes halogenated alkanes) is 1. The number of rotatable bonds is 5. The van der Waals surface area contributed by atoms with E-state index in [-0.39, 0.29) is 5.56 Å². The van der Waals surface area contributed by atoms with Crippen molar-refractivity contribution in [2.45, 2.75) is 50.6 Å². The SMILES string of the molecule is Cc1cccc(-n2c(SCCCC#N)nc3sc4c(c3c2=O)CCCC4)c1. The summed E-state index contributed by atoms with van der Waals surface area (Å²) in [5.41, 5.74) is 3.26. The van der Waals surface area contributed by atoms with Gasteiger partial charge in [-0.2, -0.15) is 5.26 Å². The Hall–Kier alpha value is -2.10. The van der Waals surface area contributed by atoms with Crippen LogP contribution in [0.1, 0.15) is 41.7 Å². The second-order valence-corrected chi connectivity index (χ2v) is 9.02. The fraction of sp³-hybridized carbons (Fsp3) is 0.381. The zero-order valence-electron chi connectivity index (χ0n) is 15.3. The number of aryl methyl sites for hydroxylation is 3. The predicted molar refractivity (Wildman–Crippen MR) is 112 cm³/mol. The first-order valence-electron chi connectivity index (χ1n) is 9.33. The van der Waals surface area contributed by atoms with E-state index in [9.17, 15) is 4.79 Å². The molecule has 4 nitrogen and oxygen atoms in total. The standard InChI is InChI=1S/C21H21N3OS2/c1-14-7-6-8-15(13-14)24-20(25)18-16-9-2-3-10-17(16)27-19(18)23-21(24)26-12-5-4-11-22/h6-8,13H,2-5,9-10,12H2,1H3. The highest BCUT2D eigenvalue weighted by molar-refractivity contribution is 7.99. The lowest BCUT2D eigenvalue weighted by molar-refractivity contribution is 0.699. The number of thioether (sulfide) groups is 1. The van der Waals surface area contributed by atoms with Crippen LogP contribution in [-0.2, 0) is 12.8 Å². The molecule has 27 heavy (non-hydrogen) atoms. The van der Waals surface area contributed by atoms with E-state index in [1.807, 2.05) is 31.2 Å². The topological polar surface area (TPSA) is 58.7 Å². The molecule has 2 aromatic heterocycles. The third-order valence-corrected chi connectivity index (χ3v) is 7.09. The Bertz CT molecular complexity index is 1090. The normalized spacial score (nSPS) is 13.5. The number of hydrogen-bond donors (Lipinski definition) is 0. The summed E-state index contributed by atoms with van der Waals surface area (Å²) >= 11 is 3.26. The average Bonchev–Trinajstić information content (AvgIpc) is 3.04. The maximum absolute atomic E-state index is 13.5. The first kappa shape index (κ1) is 18.3. The molecule has 1 aromatic carbocycles. The molecule has 6 heteroatoms. The van der Waals surface area contributed by atoms with Crippen molar-refractivity contribution in [2.75, 3.05) is 5.75 Å². The van der Waals surface area contributed by atoms with Gasteiger partial charge in [0, 0.05) is 17.1 Å². The maximum atomic E-state index is 13.5. The zero-order valence-corrected chi connectivity index (χ0v) is 17.0. The summed E-state index contributed by atoms with van der Waals surface area (Å²) in [4.78, 5) is 20.7. The van der Waals surface area contributed by atoms with E-state index in [0.717, 1.165) is 58.1 Å². The molecule has 0 aliphatic heterocycles. The van der Waals surface area contributed by atoms with Crippen LogP contribution in [-0.4, -0.2) is 15.3 Å². The smallest absolute Gasteiger partial charge is 0.267 e. The van der Waals surface area contributed by atoms with Crippen LogP contribution in [0.15, 0.2) is 34.2 Å². The Morgan fingerprint density at radius 3 is 3.00 bits per heavy atom. The summed E-state index contributed by atoms with van der Waals surface area (Å²) in [6.45, 7) is 2.03. The second kappa shape index (κ2) is 7.87. The highest BCUT2D eigenvalue weighted by Crippen LogP contribution is 2.35. The maximum Gasteiger partial charge on any atom is 0.267 e. The number of aromatic nitrogens is 2. The van der Waals surface area contributed by atoms with Gasteiger partial charge in [-0.05, 0) is 62.3 Å². The molecule has 0 saturated carbocycles. The summed E-state index contributed by atoms with van der Waals surface area (Å²) in [6, 6.07) is 10.2. The van der Waals surface area contributed by atoms with E-state index in [1.165, 1.54) is 16.9 Å². The molecule has 0 saturated heterocycles. The van der Waals surface area contributed by atoms with E-state index in [4.69, 9.17) is 10.2 Å². The zero-order chi connectivity index (χ0) is 18.8. The predicted octanol–water partition coefficient (Wildman–Crippen LogP) is 5.03. The number of nitrogens with zero attached hydrogens (tertiary/aromatic N) is 3. The van der Waals surface area contributed by atoms with Crippen molar-refractivity contribution in [1.29, 1.82) is 5.26 Å². The molecular weight excluding hydrogens is 374 g/mol. The van der Waals surface area contributed by atoms with Crippen molar-refractivity contribution in [3.8, 4) is 11.8 Å². The van der Waals surface area contributed by atoms with Gasteiger partial charge >= 0.3 is 0 Å². The third kappa shape index (κ3) is 3.54. The van der Waals surface area contributed by atoms with Crippen LogP contribution >= 0.6 is 23.1 Å². The highest BCUT2D eigenvalue weighted by atomic mass is 32.2. The van der Waals surface area contributed by atoms with Gasteiger partial charge in [0.15, 0.2) is 5.16 Å². The van der Waals surface area contributed by atoms with E-state index >= 15 is 0 Å². The molecule has 0 unspecified atom stereocenters. The lowest BCUT2D eigenvalue weighted by Crippen LogP contribution is -2.22. The Morgan fingerprint density at radius 1 is 1.33 bits per heavy atom. The Morgan fingerprint density at radius 2 is 2.19 bits per heavy atom. The molecule has 2 heterocycles. The lowest BCUT2D eigenvalue weighted by Gasteiger charge is -2.14. The molecule has 0 amide bonds. The van der Waals surface area contributed by atoms with Crippen molar-refractivity contribution in [3.63, 3.8) is 0 Å². The largest absolute Gasteiger partial charge is 0.268 e. The van der Waals surface area contributed by atoms with Crippen LogP contribution in [0, 0.1) is 18.3 Å².